The number of benzene rings is 1. The maximum absolute atomic E-state index is 11.0. The third-order valence-electron chi connectivity index (χ3n) is 2.47. The molecule has 2 aromatic rings. The minimum absolute atomic E-state index is 0.135. The molecule has 0 bridgehead atoms. The molecule has 0 aliphatic rings. The highest BCUT2D eigenvalue weighted by Crippen LogP contribution is 2.33. The zero-order valence-electron chi connectivity index (χ0n) is 10.2. The lowest BCUT2D eigenvalue weighted by Gasteiger charge is -2.10. The first-order chi connectivity index (χ1) is 9.36. The number of carbonyl (C=O) groups is 1. The van der Waals surface area contributed by atoms with Crippen molar-refractivity contribution in [1.29, 1.82) is 0 Å². The number of aromatic carboxylic acids is 1. The van der Waals surface area contributed by atoms with E-state index in [-0.39, 0.29) is 5.56 Å². The molecule has 1 heterocycles. The first kappa shape index (κ1) is 14.9. The number of carboxylic acid groups (broad SMARTS) is 1. The maximum atomic E-state index is 11.0. The van der Waals surface area contributed by atoms with Crippen LogP contribution in [0.3, 0.4) is 0 Å². The Kier molecular flexibility index (Phi) is 4.38. The van der Waals surface area contributed by atoms with Crippen LogP contribution in [-0.4, -0.2) is 16.1 Å². The molecule has 20 heavy (non-hydrogen) atoms. The van der Waals surface area contributed by atoms with Gasteiger partial charge in [-0.1, -0.05) is 34.8 Å². The fraction of sp³-hybridized carbons (Fsp3) is 0.0769. The van der Waals surface area contributed by atoms with Gasteiger partial charge in [0.15, 0.2) is 0 Å². The Morgan fingerprint density at radius 1 is 1.10 bits per heavy atom. The number of aromatic nitrogens is 1. The van der Waals surface area contributed by atoms with Gasteiger partial charge in [-0.15, -0.1) is 0 Å². The molecule has 0 fully saturated rings. The van der Waals surface area contributed by atoms with Crippen molar-refractivity contribution in [2.24, 2.45) is 0 Å². The number of nitrogens with zero attached hydrogens (tertiary/aromatic N) is 1. The van der Waals surface area contributed by atoms with E-state index in [0.717, 1.165) is 0 Å². The van der Waals surface area contributed by atoms with Crippen molar-refractivity contribution in [3.63, 3.8) is 0 Å². The minimum Gasteiger partial charge on any atom is -0.478 e. The summed E-state index contributed by atoms with van der Waals surface area (Å²) in [6.45, 7) is 1.70. The van der Waals surface area contributed by atoms with Gasteiger partial charge >= 0.3 is 5.97 Å². The van der Waals surface area contributed by atoms with Crippen LogP contribution in [0.2, 0.25) is 15.1 Å². The van der Waals surface area contributed by atoms with Crippen molar-refractivity contribution in [2.45, 2.75) is 6.92 Å². The van der Waals surface area contributed by atoms with Crippen LogP contribution in [-0.2, 0) is 0 Å². The Balaban J connectivity index is 2.40. The molecular weight excluding hydrogens is 323 g/mol. The maximum Gasteiger partial charge on any atom is 0.335 e. The molecule has 7 heteroatoms. The van der Waals surface area contributed by atoms with Gasteiger partial charge in [0.25, 0.3) is 0 Å². The number of aryl methyl sites for hydroxylation is 1. The topological polar surface area (TPSA) is 62.2 Å². The van der Waals surface area contributed by atoms with E-state index in [2.05, 4.69) is 10.3 Å². The molecule has 1 aromatic carbocycles. The van der Waals surface area contributed by atoms with Gasteiger partial charge in [0.1, 0.15) is 5.82 Å². The average molecular weight is 332 g/mol. The lowest BCUT2D eigenvalue weighted by atomic mass is 10.2. The summed E-state index contributed by atoms with van der Waals surface area (Å²) in [5, 5.41) is 13.0. The molecule has 1 aromatic heterocycles. The number of nitrogens with one attached hydrogen (secondary N) is 1. The monoisotopic (exact) mass is 330 g/mol. The Bertz CT molecular complexity index is 690. The molecule has 0 spiro atoms. The van der Waals surface area contributed by atoms with E-state index in [9.17, 15) is 4.79 Å². The van der Waals surface area contributed by atoms with Crippen molar-refractivity contribution in [3.05, 3.63) is 50.6 Å². The number of carboxylic acids is 1. The lowest BCUT2D eigenvalue weighted by Crippen LogP contribution is -2.02. The third kappa shape index (κ3) is 3.33. The summed E-state index contributed by atoms with van der Waals surface area (Å²) in [5.41, 5.74) is 1.20. The standard InChI is InChI=1S/C13H9Cl3N2O2/c1-6-2-7(13(19)20)3-12(17-6)18-11-5-9(15)8(14)4-10(11)16/h2-5H,1H3,(H,17,18)(H,19,20). The third-order valence-corrected chi connectivity index (χ3v) is 3.51. The van der Waals surface area contributed by atoms with Crippen LogP contribution in [0, 0.1) is 6.92 Å². The fourth-order valence-electron chi connectivity index (χ4n) is 1.61. The van der Waals surface area contributed by atoms with Gasteiger partial charge in [-0.2, -0.15) is 0 Å². The summed E-state index contributed by atoms with van der Waals surface area (Å²) in [6.07, 6.45) is 0. The molecule has 0 radical (unpaired) electrons. The Hall–Kier alpha value is -1.49. The van der Waals surface area contributed by atoms with Crippen molar-refractivity contribution < 1.29 is 9.90 Å². The first-order valence-electron chi connectivity index (χ1n) is 5.50. The molecule has 0 saturated carbocycles. The number of halogens is 3. The van der Waals surface area contributed by atoms with Crippen LogP contribution in [0.25, 0.3) is 0 Å². The Morgan fingerprint density at radius 2 is 1.75 bits per heavy atom. The second-order valence-corrected chi connectivity index (χ2v) is 5.28. The van der Waals surface area contributed by atoms with Crippen molar-refractivity contribution in [1.82, 2.24) is 4.98 Å². The molecule has 0 unspecified atom stereocenters. The van der Waals surface area contributed by atoms with Crippen LogP contribution >= 0.6 is 34.8 Å². The molecule has 2 N–H and O–H groups in total. The molecule has 0 atom stereocenters. The second-order valence-electron chi connectivity index (χ2n) is 4.06. The predicted molar refractivity (Wildman–Crippen MR) is 80.7 cm³/mol. The van der Waals surface area contributed by atoms with E-state index in [0.29, 0.717) is 32.3 Å². The normalized spacial score (nSPS) is 10.4. The zero-order valence-corrected chi connectivity index (χ0v) is 12.5. The van der Waals surface area contributed by atoms with Crippen molar-refractivity contribution in [3.8, 4) is 0 Å². The largest absolute Gasteiger partial charge is 0.478 e. The van der Waals surface area contributed by atoms with Gasteiger partial charge in [0.05, 0.1) is 26.3 Å². The van der Waals surface area contributed by atoms with E-state index in [4.69, 9.17) is 39.9 Å². The molecule has 0 saturated heterocycles. The molecule has 2 rings (SSSR count). The highest BCUT2D eigenvalue weighted by molar-refractivity contribution is 6.44. The molecular formula is C13H9Cl3N2O2. The van der Waals surface area contributed by atoms with Gasteiger partial charge in [0, 0.05) is 5.69 Å². The number of rotatable bonds is 3. The van der Waals surface area contributed by atoms with E-state index >= 15 is 0 Å². The van der Waals surface area contributed by atoms with Crippen LogP contribution < -0.4 is 5.32 Å². The second kappa shape index (κ2) is 5.87. The van der Waals surface area contributed by atoms with Crippen molar-refractivity contribution in [2.75, 3.05) is 5.32 Å². The quantitative estimate of drug-likeness (QED) is 0.794. The average Bonchev–Trinajstić information content (AvgIpc) is 2.35. The molecule has 0 amide bonds. The van der Waals surface area contributed by atoms with E-state index in [1.807, 2.05) is 0 Å². The van der Waals surface area contributed by atoms with Crippen LogP contribution in [0.1, 0.15) is 16.1 Å². The zero-order chi connectivity index (χ0) is 14.9. The molecule has 0 aliphatic heterocycles. The van der Waals surface area contributed by atoms with Gasteiger partial charge in [-0.05, 0) is 31.2 Å². The molecule has 4 nitrogen and oxygen atoms in total. The Labute approximate surface area is 130 Å². The SMILES string of the molecule is Cc1cc(C(=O)O)cc(Nc2cc(Cl)c(Cl)cc2Cl)n1. The lowest BCUT2D eigenvalue weighted by molar-refractivity contribution is 0.0696. The molecule has 104 valence electrons. The first-order valence-corrected chi connectivity index (χ1v) is 6.64. The highest BCUT2D eigenvalue weighted by Gasteiger charge is 2.10. The number of hydrogen-bond acceptors (Lipinski definition) is 3. The summed E-state index contributed by atoms with van der Waals surface area (Å²) in [5.74, 6) is -0.665. The van der Waals surface area contributed by atoms with E-state index in [1.54, 1.807) is 13.0 Å². The van der Waals surface area contributed by atoms with E-state index < -0.39 is 5.97 Å². The Morgan fingerprint density at radius 3 is 2.40 bits per heavy atom. The summed E-state index contributed by atoms with van der Waals surface area (Å²) < 4.78 is 0. The number of pyridine rings is 1. The number of anilines is 2. The van der Waals surface area contributed by atoms with Crippen LogP contribution in [0.5, 0.6) is 0 Å². The smallest absolute Gasteiger partial charge is 0.335 e. The minimum atomic E-state index is -1.03. The van der Waals surface area contributed by atoms with Crippen molar-refractivity contribution >= 4 is 52.3 Å². The van der Waals surface area contributed by atoms with Crippen LogP contribution in [0.4, 0.5) is 11.5 Å². The van der Waals surface area contributed by atoms with Gasteiger partial charge in [0.2, 0.25) is 0 Å². The summed E-state index contributed by atoms with van der Waals surface area (Å²) in [4.78, 5) is 15.2. The highest BCUT2D eigenvalue weighted by atomic mass is 35.5. The summed E-state index contributed by atoms with van der Waals surface area (Å²) >= 11 is 17.8. The summed E-state index contributed by atoms with van der Waals surface area (Å²) in [7, 11) is 0. The molecule has 0 aliphatic carbocycles. The fourth-order valence-corrected chi connectivity index (χ4v) is 2.21. The summed E-state index contributed by atoms with van der Waals surface area (Å²) in [6, 6.07) is 5.94. The van der Waals surface area contributed by atoms with E-state index in [1.165, 1.54) is 18.2 Å². The number of hydrogen-bond donors (Lipinski definition) is 2. The van der Waals surface area contributed by atoms with Crippen LogP contribution in [0.15, 0.2) is 24.3 Å². The van der Waals surface area contributed by atoms with Gasteiger partial charge in [-0.25, -0.2) is 9.78 Å². The van der Waals surface area contributed by atoms with Gasteiger partial charge < -0.3 is 10.4 Å². The predicted octanol–water partition coefficient (Wildman–Crippen LogP) is 4.79. The van der Waals surface area contributed by atoms with Gasteiger partial charge in [-0.3, -0.25) is 0 Å².